The number of nitrogens with zero attached hydrogens (tertiary/aromatic N) is 2. The molecule has 5 heterocycles. The molecule has 1 aliphatic carbocycles. The van der Waals surface area contributed by atoms with Crippen LogP contribution in [-0.4, -0.2) is 58.2 Å². The first-order chi connectivity index (χ1) is 16.2. The molecule has 4 fully saturated rings. The molecule has 3 amide bonds. The topological polar surface area (TPSA) is 118 Å². The van der Waals surface area contributed by atoms with Crippen molar-refractivity contribution in [2.24, 2.45) is 11.8 Å². The predicted octanol–water partition coefficient (Wildman–Crippen LogP) is 3.05. The fraction of sp³-hybridized carbons (Fsp3) is 0.545. The lowest BCUT2D eigenvalue weighted by molar-refractivity contribution is -0.179. The number of halogens is 3. The number of hydrogen-bond acceptors (Lipinski definition) is 5. The Morgan fingerprint density at radius 3 is 2.82 bits per heavy atom. The van der Waals surface area contributed by atoms with E-state index in [1.807, 2.05) is 6.07 Å². The van der Waals surface area contributed by atoms with E-state index in [-0.39, 0.29) is 24.4 Å². The van der Waals surface area contributed by atoms with Gasteiger partial charge in [0.2, 0.25) is 11.8 Å². The Balaban J connectivity index is 1.42. The lowest BCUT2D eigenvalue weighted by Gasteiger charge is -2.53. The van der Waals surface area contributed by atoms with E-state index < -0.39 is 54.1 Å². The highest BCUT2D eigenvalue weighted by Gasteiger charge is 2.60. The first-order valence-electron chi connectivity index (χ1n) is 11.1. The van der Waals surface area contributed by atoms with Crippen molar-refractivity contribution >= 4 is 50.9 Å². The van der Waals surface area contributed by atoms with Crippen LogP contribution in [0.4, 0.5) is 8.78 Å². The predicted molar refractivity (Wildman–Crippen MR) is 120 cm³/mol. The Morgan fingerprint density at radius 1 is 1.38 bits per heavy atom. The number of hydrogen-bond donors (Lipinski definition) is 3. The fourth-order valence-electron chi connectivity index (χ4n) is 5.49. The van der Waals surface area contributed by atoms with Gasteiger partial charge in [-0.15, -0.1) is 11.3 Å². The van der Waals surface area contributed by atoms with Gasteiger partial charge in [-0.3, -0.25) is 14.4 Å². The molecule has 34 heavy (non-hydrogen) atoms. The van der Waals surface area contributed by atoms with Crippen molar-refractivity contribution in [3.05, 3.63) is 22.2 Å². The number of nitrogens with one attached hydrogen (secondary N) is 3. The molecule has 0 radical (unpaired) electrons. The number of carbonyl (C=O) groups excluding carboxylic acids is 3. The highest BCUT2D eigenvalue weighted by molar-refractivity contribution is 7.17. The summed E-state index contributed by atoms with van der Waals surface area (Å²) in [5, 5.41) is 16.9. The number of thiophene rings is 1. The Morgan fingerprint density at radius 2 is 2.18 bits per heavy atom. The zero-order valence-electron chi connectivity index (χ0n) is 17.9. The number of nitriles is 1. The number of carbonyl (C=O) groups is 3. The molecule has 0 unspecified atom stereocenters. The molecule has 3 saturated heterocycles. The number of aromatic amines is 1. The number of piperidine rings is 2. The van der Waals surface area contributed by atoms with Crippen LogP contribution in [0.2, 0.25) is 5.02 Å². The summed E-state index contributed by atoms with van der Waals surface area (Å²) >= 11 is 7.49. The van der Waals surface area contributed by atoms with Crippen molar-refractivity contribution in [1.29, 1.82) is 5.26 Å². The molecule has 3 N–H and O–H groups in total. The Labute approximate surface area is 202 Å². The van der Waals surface area contributed by atoms with Gasteiger partial charge in [0.15, 0.2) is 0 Å². The van der Waals surface area contributed by atoms with Gasteiger partial charge >= 0.3 is 0 Å². The zero-order valence-corrected chi connectivity index (χ0v) is 19.5. The summed E-state index contributed by atoms with van der Waals surface area (Å²) in [6, 6.07) is 0.323. The van der Waals surface area contributed by atoms with E-state index in [1.165, 1.54) is 16.2 Å². The Bertz CT molecular complexity index is 1210. The van der Waals surface area contributed by atoms with Crippen LogP contribution in [0.5, 0.6) is 0 Å². The number of alkyl halides is 2. The summed E-state index contributed by atoms with van der Waals surface area (Å²) in [7, 11) is 0. The van der Waals surface area contributed by atoms with Gasteiger partial charge in [0.05, 0.1) is 27.2 Å². The van der Waals surface area contributed by atoms with E-state index >= 15 is 0 Å². The first kappa shape index (κ1) is 23.1. The standard InChI is InChI=1S/C22H22ClF2N5O3S/c23-14-9-34-16-6-15(29-17(14)16)21(33)30-12-1-2-13(22(24,25)7-12)18(30)20(32)28-11(8-26)5-10-3-4-27-19(10)31/h6,9-13,18,29H,1-5,7H2,(H,27,31)(H,28,32)/t10-,11+,12+,13+,18+/m0/s1. The van der Waals surface area contributed by atoms with Crippen molar-refractivity contribution in [2.75, 3.05) is 6.54 Å². The van der Waals surface area contributed by atoms with Crippen LogP contribution in [0.25, 0.3) is 10.2 Å². The fourth-order valence-corrected chi connectivity index (χ4v) is 6.64. The lowest BCUT2D eigenvalue weighted by atomic mass is 9.71. The van der Waals surface area contributed by atoms with Crippen molar-refractivity contribution in [3.63, 3.8) is 0 Å². The average Bonchev–Trinajstić information content (AvgIpc) is 3.49. The molecule has 180 valence electrons. The number of aromatic nitrogens is 1. The van der Waals surface area contributed by atoms with Gasteiger partial charge in [0.1, 0.15) is 17.8 Å². The van der Waals surface area contributed by atoms with Gasteiger partial charge < -0.3 is 20.5 Å². The van der Waals surface area contributed by atoms with Gasteiger partial charge in [-0.05, 0) is 31.7 Å². The normalized spacial score (nSPS) is 28.5. The summed E-state index contributed by atoms with van der Waals surface area (Å²) in [5.41, 5.74) is 0.764. The van der Waals surface area contributed by atoms with Crippen LogP contribution in [0.15, 0.2) is 11.4 Å². The number of rotatable bonds is 5. The van der Waals surface area contributed by atoms with Crippen molar-refractivity contribution in [2.45, 2.75) is 56.2 Å². The molecular weight excluding hydrogens is 488 g/mol. The highest BCUT2D eigenvalue weighted by Crippen LogP contribution is 2.49. The van der Waals surface area contributed by atoms with Crippen molar-refractivity contribution in [1.82, 2.24) is 20.5 Å². The monoisotopic (exact) mass is 509 g/mol. The van der Waals surface area contributed by atoms with Crippen LogP contribution >= 0.6 is 22.9 Å². The second kappa shape index (κ2) is 8.50. The molecule has 0 spiro atoms. The van der Waals surface area contributed by atoms with E-state index in [0.29, 0.717) is 29.9 Å². The van der Waals surface area contributed by atoms with E-state index in [2.05, 4.69) is 15.6 Å². The minimum atomic E-state index is -3.10. The van der Waals surface area contributed by atoms with Gasteiger partial charge in [0.25, 0.3) is 11.8 Å². The molecule has 2 bridgehead atoms. The van der Waals surface area contributed by atoms with Crippen LogP contribution in [0.3, 0.4) is 0 Å². The van der Waals surface area contributed by atoms with Gasteiger partial charge in [0, 0.05) is 30.3 Å². The molecule has 8 nitrogen and oxygen atoms in total. The lowest BCUT2D eigenvalue weighted by Crippen LogP contribution is -2.68. The van der Waals surface area contributed by atoms with E-state index in [4.69, 9.17) is 11.6 Å². The van der Waals surface area contributed by atoms with Crippen molar-refractivity contribution < 1.29 is 23.2 Å². The van der Waals surface area contributed by atoms with E-state index in [0.717, 1.165) is 4.70 Å². The third-order valence-corrected chi connectivity index (χ3v) is 8.49. The molecular formula is C22H22ClF2N5O3S. The molecule has 2 aromatic heterocycles. The zero-order chi connectivity index (χ0) is 24.2. The first-order valence-corrected chi connectivity index (χ1v) is 12.4. The van der Waals surface area contributed by atoms with Crippen LogP contribution < -0.4 is 10.6 Å². The summed E-state index contributed by atoms with van der Waals surface area (Å²) in [4.78, 5) is 42.9. The molecule has 4 aliphatic rings. The van der Waals surface area contributed by atoms with Crippen LogP contribution in [0.1, 0.15) is 42.6 Å². The maximum absolute atomic E-state index is 14.9. The molecule has 3 aliphatic heterocycles. The second-order valence-electron chi connectivity index (χ2n) is 9.17. The maximum Gasteiger partial charge on any atom is 0.271 e. The molecule has 1 saturated carbocycles. The number of fused-ring (bicyclic) bond motifs is 4. The SMILES string of the molecule is N#C[C@@H](C[C@@H]1CCNC1=O)NC(=O)[C@H]1[C@H]2CC[C@H](CC2(F)F)N1C(=O)c1cc2scc(Cl)c2[nH]1. The van der Waals surface area contributed by atoms with Crippen molar-refractivity contribution in [3.8, 4) is 6.07 Å². The van der Waals surface area contributed by atoms with E-state index in [9.17, 15) is 28.4 Å². The third-order valence-electron chi connectivity index (χ3n) is 7.13. The number of H-pyrrole nitrogens is 1. The Hall–Kier alpha value is -2.71. The minimum absolute atomic E-state index is 0.0879. The molecule has 12 heteroatoms. The highest BCUT2D eigenvalue weighted by atomic mass is 35.5. The smallest absolute Gasteiger partial charge is 0.271 e. The number of amides is 3. The van der Waals surface area contributed by atoms with E-state index in [1.54, 1.807) is 11.4 Å². The van der Waals surface area contributed by atoms with Gasteiger partial charge in [-0.1, -0.05) is 11.6 Å². The molecule has 2 aromatic rings. The summed E-state index contributed by atoms with van der Waals surface area (Å²) in [6.07, 6.45) is 0.594. The second-order valence-corrected chi connectivity index (χ2v) is 10.5. The van der Waals surface area contributed by atoms with Crippen LogP contribution in [-0.2, 0) is 9.59 Å². The molecule has 6 rings (SSSR count). The summed E-state index contributed by atoms with van der Waals surface area (Å²) in [5.74, 6) is -6.42. The largest absolute Gasteiger partial charge is 0.356 e. The molecule has 0 aromatic carbocycles. The maximum atomic E-state index is 14.9. The quantitative estimate of drug-likeness (QED) is 0.574. The van der Waals surface area contributed by atoms with Gasteiger partial charge in [-0.25, -0.2) is 8.78 Å². The Kier molecular flexibility index (Phi) is 5.76. The summed E-state index contributed by atoms with van der Waals surface area (Å²) in [6.45, 7) is 0.494. The average molecular weight is 510 g/mol. The molecule has 5 atom stereocenters. The third kappa shape index (κ3) is 3.82. The summed E-state index contributed by atoms with van der Waals surface area (Å²) < 4.78 is 30.5. The van der Waals surface area contributed by atoms with Gasteiger partial charge in [-0.2, -0.15) is 5.26 Å². The minimum Gasteiger partial charge on any atom is -0.356 e. The van der Waals surface area contributed by atoms with Crippen LogP contribution in [0, 0.1) is 23.2 Å².